The molecule has 0 aromatic heterocycles. The minimum absolute atomic E-state index is 0.0772. The minimum atomic E-state index is -3.34. The number of halogens is 3. The lowest BCUT2D eigenvalue weighted by atomic mass is 10.2. The molecule has 1 aromatic carbocycles. The molecule has 25 heavy (non-hydrogen) atoms. The average Bonchev–Trinajstić information content (AvgIpc) is 3.30. The zero-order chi connectivity index (χ0) is 18.5. The fourth-order valence-electron chi connectivity index (χ4n) is 2.53. The SMILES string of the molecule is CCN(CC)C1(I)OC1C(F)(F)OCCOCc1ccc(OC)cc1. The number of methoxy groups -OCH3 is 1. The van der Waals surface area contributed by atoms with Crippen molar-refractivity contribution in [1.82, 2.24) is 4.90 Å². The van der Waals surface area contributed by atoms with Crippen molar-refractivity contribution in [2.75, 3.05) is 33.4 Å². The molecule has 1 heterocycles. The molecule has 142 valence electrons. The molecule has 0 aliphatic carbocycles. The van der Waals surface area contributed by atoms with Crippen molar-refractivity contribution in [2.24, 2.45) is 0 Å². The molecular formula is C17H24F2INO4. The van der Waals surface area contributed by atoms with Gasteiger partial charge in [0.1, 0.15) is 5.75 Å². The lowest BCUT2D eigenvalue weighted by molar-refractivity contribution is -0.254. The highest BCUT2D eigenvalue weighted by Crippen LogP contribution is 2.53. The van der Waals surface area contributed by atoms with Crippen LogP contribution in [0.15, 0.2) is 24.3 Å². The second kappa shape index (κ2) is 8.90. The molecule has 2 rings (SSSR count). The van der Waals surface area contributed by atoms with Crippen LogP contribution in [-0.4, -0.2) is 54.3 Å². The first kappa shape index (κ1) is 20.8. The maximum atomic E-state index is 14.1. The number of hydrogen-bond acceptors (Lipinski definition) is 5. The van der Waals surface area contributed by atoms with E-state index in [0.29, 0.717) is 19.7 Å². The first-order valence-corrected chi connectivity index (χ1v) is 9.29. The molecule has 5 nitrogen and oxygen atoms in total. The molecule has 8 heteroatoms. The Morgan fingerprint density at radius 3 is 2.40 bits per heavy atom. The highest BCUT2D eigenvalue weighted by molar-refractivity contribution is 14.1. The van der Waals surface area contributed by atoms with Crippen LogP contribution in [0.1, 0.15) is 19.4 Å². The molecule has 0 spiro atoms. The van der Waals surface area contributed by atoms with Gasteiger partial charge in [-0.25, -0.2) is 0 Å². The van der Waals surface area contributed by atoms with Gasteiger partial charge in [0.15, 0.2) is 0 Å². The fraction of sp³-hybridized carbons (Fsp3) is 0.647. The first-order chi connectivity index (χ1) is 11.9. The van der Waals surface area contributed by atoms with Crippen LogP contribution in [0.3, 0.4) is 0 Å². The fourth-order valence-corrected chi connectivity index (χ4v) is 3.83. The second-order valence-corrected chi connectivity index (χ2v) is 7.14. The van der Waals surface area contributed by atoms with Gasteiger partial charge in [-0.3, -0.25) is 4.90 Å². The number of hydrogen-bond donors (Lipinski definition) is 0. The van der Waals surface area contributed by atoms with Crippen LogP contribution < -0.4 is 4.74 Å². The highest BCUT2D eigenvalue weighted by atomic mass is 127. The van der Waals surface area contributed by atoms with Crippen molar-refractivity contribution in [3.63, 3.8) is 0 Å². The summed E-state index contributed by atoms with van der Waals surface area (Å²) >= 11 is 1.92. The Bertz CT molecular complexity index is 542. The van der Waals surface area contributed by atoms with Crippen LogP contribution in [0, 0.1) is 0 Å². The number of benzene rings is 1. The van der Waals surface area contributed by atoms with Crippen LogP contribution in [0.2, 0.25) is 0 Å². The number of likely N-dealkylation sites (N-methyl/N-ethyl adjacent to an activating group) is 1. The van der Waals surface area contributed by atoms with Crippen molar-refractivity contribution in [3.05, 3.63) is 29.8 Å². The Labute approximate surface area is 160 Å². The van der Waals surface area contributed by atoms with Crippen LogP contribution in [-0.2, 0) is 20.8 Å². The predicted octanol–water partition coefficient (Wildman–Crippen LogP) is 3.65. The number of epoxide rings is 1. The summed E-state index contributed by atoms with van der Waals surface area (Å²) in [7, 11) is 1.59. The van der Waals surface area contributed by atoms with E-state index in [2.05, 4.69) is 0 Å². The van der Waals surface area contributed by atoms with E-state index in [0.717, 1.165) is 11.3 Å². The molecule has 0 radical (unpaired) electrons. The zero-order valence-electron chi connectivity index (χ0n) is 14.6. The zero-order valence-corrected chi connectivity index (χ0v) is 16.8. The molecule has 1 saturated heterocycles. The molecule has 0 bridgehead atoms. The van der Waals surface area contributed by atoms with Crippen molar-refractivity contribution in [2.45, 2.75) is 36.4 Å². The third-order valence-corrected chi connectivity index (χ3v) is 5.50. The van der Waals surface area contributed by atoms with E-state index in [1.807, 2.05) is 65.6 Å². The summed E-state index contributed by atoms with van der Waals surface area (Å²) in [5, 5.41) is 0. The summed E-state index contributed by atoms with van der Waals surface area (Å²) in [5.74, 6) is 0.756. The normalized spacial score (nSPS) is 23.1. The van der Waals surface area contributed by atoms with Gasteiger partial charge in [-0.2, -0.15) is 8.78 Å². The maximum absolute atomic E-state index is 14.1. The van der Waals surface area contributed by atoms with Gasteiger partial charge in [-0.15, -0.1) is 0 Å². The van der Waals surface area contributed by atoms with Crippen molar-refractivity contribution in [3.8, 4) is 5.75 Å². The first-order valence-electron chi connectivity index (χ1n) is 8.21. The van der Waals surface area contributed by atoms with Gasteiger partial charge in [0, 0.05) is 0 Å². The van der Waals surface area contributed by atoms with Crippen LogP contribution in [0.5, 0.6) is 5.75 Å². The van der Waals surface area contributed by atoms with Crippen molar-refractivity contribution < 1.29 is 27.7 Å². The van der Waals surface area contributed by atoms with Gasteiger partial charge in [-0.05, 0) is 53.4 Å². The van der Waals surface area contributed by atoms with E-state index >= 15 is 0 Å². The smallest absolute Gasteiger partial charge is 0.387 e. The van der Waals surface area contributed by atoms with Gasteiger partial charge in [0.2, 0.25) is 9.84 Å². The van der Waals surface area contributed by atoms with Gasteiger partial charge >= 0.3 is 6.11 Å². The van der Waals surface area contributed by atoms with Gasteiger partial charge < -0.3 is 18.9 Å². The monoisotopic (exact) mass is 471 g/mol. The molecule has 0 N–H and O–H groups in total. The Morgan fingerprint density at radius 2 is 1.84 bits per heavy atom. The number of ether oxygens (including phenoxy) is 4. The van der Waals surface area contributed by atoms with Gasteiger partial charge in [0.25, 0.3) is 0 Å². The van der Waals surface area contributed by atoms with E-state index < -0.39 is 15.9 Å². The molecule has 0 saturated carbocycles. The van der Waals surface area contributed by atoms with Crippen molar-refractivity contribution in [1.29, 1.82) is 0 Å². The maximum Gasteiger partial charge on any atom is 0.387 e. The Balaban J connectivity index is 1.70. The number of rotatable bonds is 11. The second-order valence-electron chi connectivity index (χ2n) is 5.59. The lowest BCUT2D eigenvalue weighted by Gasteiger charge is -2.23. The lowest BCUT2D eigenvalue weighted by Crippen LogP contribution is -2.41. The predicted molar refractivity (Wildman–Crippen MR) is 98.1 cm³/mol. The van der Waals surface area contributed by atoms with Gasteiger partial charge in [0.05, 0.1) is 26.9 Å². The van der Waals surface area contributed by atoms with Crippen LogP contribution >= 0.6 is 22.6 Å². The Morgan fingerprint density at radius 1 is 1.20 bits per heavy atom. The molecular weight excluding hydrogens is 447 g/mol. The molecule has 0 amide bonds. The number of nitrogens with zero attached hydrogens (tertiary/aromatic N) is 1. The third kappa shape index (κ3) is 5.22. The van der Waals surface area contributed by atoms with E-state index in [-0.39, 0.29) is 13.2 Å². The van der Waals surface area contributed by atoms with Crippen LogP contribution in [0.25, 0.3) is 0 Å². The van der Waals surface area contributed by atoms with Crippen LogP contribution in [0.4, 0.5) is 8.78 Å². The number of alkyl halides is 3. The van der Waals surface area contributed by atoms with E-state index in [9.17, 15) is 8.78 Å². The Kier molecular flexibility index (Phi) is 7.39. The molecule has 2 atom stereocenters. The quantitative estimate of drug-likeness (QED) is 0.162. The molecule has 1 fully saturated rings. The topological polar surface area (TPSA) is 43.5 Å². The molecule has 2 unspecified atom stereocenters. The average molecular weight is 471 g/mol. The van der Waals surface area contributed by atoms with E-state index in [1.54, 1.807) is 7.11 Å². The standard InChI is InChI=1S/C17H24F2INO4/c1-4-21(5-2)17(20)15(25-17)16(18,19)24-11-10-23-12-13-6-8-14(22-3)9-7-13/h6-9,15H,4-5,10-12H2,1-3H3. The third-order valence-electron chi connectivity index (χ3n) is 4.00. The highest BCUT2D eigenvalue weighted by Gasteiger charge is 2.70. The molecule has 1 aliphatic rings. The summed E-state index contributed by atoms with van der Waals surface area (Å²) in [4.78, 5) is 1.84. The summed E-state index contributed by atoms with van der Waals surface area (Å²) in [6.07, 6.45) is -4.60. The Hall–Kier alpha value is -0.550. The summed E-state index contributed by atoms with van der Waals surface area (Å²) < 4.78 is 47.7. The molecule has 1 aliphatic heterocycles. The summed E-state index contributed by atoms with van der Waals surface area (Å²) in [5.41, 5.74) is 0.936. The largest absolute Gasteiger partial charge is 0.497 e. The van der Waals surface area contributed by atoms with E-state index in [1.165, 1.54) is 0 Å². The van der Waals surface area contributed by atoms with E-state index in [4.69, 9.17) is 18.9 Å². The van der Waals surface area contributed by atoms with Crippen molar-refractivity contribution >= 4 is 22.6 Å². The molecule has 1 aromatic rings. The minimum Gasteiger partial charge on any atom is -0.497 e. The van der Waals surface area contributed by atoms with Gasteiger partial charge in [-0.1, -0.05) is 26.0 Å². The summed E-state index contributed by atoms with van der Waals surface area (Å²) in [6, 6.07) is 7.36. The summed E-state index contributed by atoms with van der Waals surface area (Å²) in [6.45, 7) is 5.30.